The molecule has 0 saturated heterocycles. The van der Waals surface area contributed by atoms with Crippen LogP contribution in [0.2, 0.25) is 0 Å². The summed E-state index contributed by atoms with van der Waals surface area (Å²) in [4.78, 5) is 8.13. The molecule has 2 aromatic rings. The third-order valence-corrected chi connectivity index (χ3v) is 1.63. The highest BCUT2D eigenvalue weighted by Gasteiger charge is 2.00. The lowest BCUT2D eigenvalue weighted by Gasteiger charge is -2.01. The van der Waals surface area contributed by atoms with E-state index in [9.17, 15) is 0 Å². The molecule has 0 saturated carbocycles. The number of aromatic nitrogens is 2. The molecule has 2 rings (SSSR count). The molecule has 0 bridgehead atoms. The number of rotatable bonds is 1. The van der Waals surface area contributed by atoms with Crippen molar-refractivity contribution in [2.45, 2.75) is 0 Å². The lowest BCUT2D eigenvalue weighted by Crippen LogP contribution is -1.88. The highest BCUT2D eigenvalue weighted by Crippen LogP contribution is 2.20. The Hall–Kier alpha value is -1.64. The highest BCUT2D eigenvalue weighted by molar-refractivity contribution is 5.80. The van der Waals surface area contributed by atoms with E-state index in [2.05, 4.69) is 16.2 Å². The quantitative estimate of drug-likeness (QED) is 0.631. The summed E-state index contributed by atoms with van der Waals surface area (Å²) in [5, 5.41) is 0. The Bertz CT molecular complexity index is 395. The van der Waals surface area contributed by atoms with Gasteiger partial charge in [-0.1, -0.05) is 6.07 Å². The van der Waals surface area contributed by atoms with Gasteiger partial charge in [-0.3, -0.25) is 0 Å². The number of ether oxygens (including phenoxy) is 1. The van der Waals surface area contributed by atoms with E-state index < -0.39 is 0 Å². The van der Waals surface area contributed by atoms with Crippen LogP contribution in [0.4, 0.5) is 0 Å². The molecule has 1 aromatic heterocycles. The molecule has 0 amide bonds. The van der Waals surface area contributed by atoms with Crippen LogP contribution in [0.1, 0.15) is 0 Å². The summed E-state index contributed by atoms with van der Waals surface area (Å²) in [6, 6.07) is 5.61. The summed E-state index contributed by atoms with van der Waals surface area (Å²) < 4.78 is 5.11. The van der Waals surface area contributed by atoms with Crippen molar-refractivity contribution in [2.75, 3.05) is 7.11 Å². The van der Waals surface area contributed by atoms with Gasteiger partial charge in [-0.2, -0.15) is 0 Å². The van der Waals surface area contributed by atoms with Crippen molar-refractivity contribution in [1.82, 2.24) is 9.97 Å². The van der Waals surface area contributed by atoms with Crippen molar-refractivity contribution in [1.29, 1.82) is 0 Å². The zero-order chi connectivity index (χ0) is 8.39. The molecule has 0 spiro atoms. The topological polar surface area (TPSA) is 35.0 Å². The smallest absolute Gasteiger partial charge is 0.146 e. The first-order valence-electron chi connectivity index (χ1n) is 3.57. The Labute approximate surface area is 70.0 Å². The first-order chi connectivity index (χ1) is 5.92. The van der Waals surface area contributed by atoms with Gasteiger partial charge in [0.05, 0.1) is 18.8 Å². The zero-order valence-corrected chi connectivity index (χ0v) is 6.61. The van der Waals surface area contributed by atoms with Crippen LogP contribution in [0.25, 0.3) is 11.0 Å². The summed E-state index contributed by atoms with van der Waals surface area (Å²) in [5.74, 6) is 0.744. The fourth-order valence-corrected chi connectivity index (χ4v) is 1.09. The second-order valence-corrected chi connectivity index (χ2v) is 2.33. The monoisotopic (exact) mass is 159 g/mol. The van der Waals surface area contributed by atoms with Gasteiger partial charge < -0.3 is 4.74 Å². The van der Waals surface area contributed by atoms with E-state index in [1.807, 2.05) is 18.2 Å². The Kier molecular flexibility index (Phi) is 1.63. The summed E-state index contributed by atoms with van der Waals surface area (Å²) in [6.07, 6.45) is 4.20. The second-order valence-electron chi connectivity index (χ2n) is 2.33. The Balaban J connectivity index is 2.79. The van der Waals surface area contributed by atoms with Crippen molar-refractivity contribution >= 4 is 11.0 Å². The molecule has 1 heterocycles. The standard InChI is InChI=1S/C9H7N2O/c1-12-8-4-2-3-7-9(8)11-6-5-10-7/h2-4,6H,1H3. The number of para-hydroxylation sites is 1. The zero-order valence-electron chi connectivity index (χ0n) is 6.61. The number of benzene rings is 1. The van der Waals surface area contributed by atoms with Gasteiger partial charge in [0.2, 0.25) is 0 Å². The number of hydrogen-bond donors (Lipinski definition) is 0. The molecule has 59 valence electrons. The molecule has 3 heteroatoms. The van der Waals surface area contributed by atoms with E-state index in [-0.39, 0.29) is 0 Å². The SMILES string of the molecule is COc1cccc2n[c]cnc12. The van der Waals surface area contributed by atoms with Crippen molar-refractivity contribution in [3.05, 3.63) is 30.6 Å². The minimum Gasteiger partial charge on any atom is -0.494 e. The maximum Gasteiger partial charge on any atom is 0.146 e. The van der Waals surface area contributed by atoms with Gasteiger partial charge >= 0.3 is 0 Å². The predicted octanol–water partition coefficient (Wildman–Crippen LogP) is 1.44. The third kappa shape index (κ3) is 0.993. The molecule has 12 heavy (non-hydrogen) atoms. The average molecular weight is 159 g/mol. The van der Waals surface area contributed by atoms with Crippen molar-refractivity contribution < 1.29 is 4.74 Å². The lowest BCUT2D eigenvalue weighted by atomic mass is 10.3. The van der Waals surface area contributed by atoms with Crippen LogP contribution in [-0.2, 0) is 0 Å². The molecule has 0 aliphatic rings. The van der Waals surface area contributed by atoms with E-state index in [1.165, 1.54) is 6.20 Å². The molecular formula is C9H7N2O. The minimum atomic E-state index is 0.744. The van der Waals surface area contributed by atoms with E-state index in [0.717, 1.165) is 16.8 Å². The molecule has 0 N–H and O–H groups in total. The van der Waals surface area contributed by atoms with Gasteiger partial charge in [0.15, 0.2) is 0 Å². The average Bonchev–Trinajstić information content (AvgIpc) is 2.17. The Morgan fingerprint density at radius 2 is 2.33 bits per heavy atom. The minimum absolute atomic E-state index is 0.744. The van der Waals surface area contributed by atoms with Gasteiger partial charge in [0.25, 0.3) is 0 Å². The van der Waals surface area contributed by atoms with E-state index >= 15 is 0 Å². The molecule has 1 aromatic carbocycles. The molecule has 0 aliphatic heterocycles. The molecule has 0 aliphatic carbocycles. The van der Waals surface area contributed by atoms with Gasteiger partial charge in [-0.25, -0.2) is 9.97 Å². The van der Waals surface area contributed by atoms with Crippen molar-refractivity contribution in [3.8, 4) is 5.75 Å². The highest BCUT2D eigenvalue weighted by atomic mass is 16.5. The fourth-order valence-electron chi connectivity index (χ4n) is 1.09. The van der Waals surface area contributed by atoms with Crippen LogP contribution in [0.3, 0.4) is 0 Å². The maximum atomic E-state index is 5.11. The maximum absolute atomic E-state index is 5.11. The van der Waals surface area contributed by atoms with E-state index in [4.69, 9.17) is 4.74 Å². The Morgan fingerprint density at radius 1 is 1.42 bits per heavy atom. The van der Waals surface area contributed by atoms with E-state index in [0.29, 0.717) is 0 Å². The molecule has 0 atom stereocenters. The Morgan fingerprint density at radius 3 is 3.17 bits per heavy atom. The molecule has 0 unspecified atom stereocenters. The van der Waals surface area contributed by atoms with Crippen molar-refractivity contribution in [3.63, 3.8) is 0 Å². The number of fused-ring (bicyclic) bond motifs is 1. The molecular weight excluding hydrogens is 152 g/mol. The first kappa shape index (κ1) is 7.03. The first-order valence-corrected chi connectivity index (χ1v) is 3.57. The summed E-state index contributed by atoms with van der Waals surface area (Å²) in [6.45, 7) is 0. The molecule has 1 radical (unpaired) electrons. The fraction of sp³-hybridized carbons (Fsp3) is 0.111. The van der Waals surface area contributed by atoms with Crippen LogP contribution in [0.15, 0.2) is 24.4 Å². The van der Waals surface area contributed by atoms with Gasteiger partial charge in [-0.05, 0) is 12.1 Å². The second kappa shape index (κ2) is 2.77. The van der Waals surface area contributed by atoms with Crippen LogP contribution in [0.5, 0.6) is 5.75 Å². The summed E-state index contributed by atoms with van der Waals surface area (Å²) in [7, 11) is 1.62. The van der Waals surface area contributed by atoms with Gasteiger partial charge in [-0.15, -0.1) is 0 Å². The summed E-state index contributed by atoms with van der Waals surface area (Å²) >= 11 is 0. The van der Waals surface area contributed by atoms with Crippen LogP contribution < -0.4 is 4.74 Å². The normalized spacial score (nSPS) is 10.1. The van der Waals surface area contributed by atoms with Crippen molar-refractivity contribution in [2.24, 2.45) is 0 Å². The third-order valence-electron chi connectivity index (χ3n) is 1.63. The van der Waals surface area contributed by atoms with Gasteiger partial charge in [0, 0.05) is 0 Å². The summed E-state index contributed by atoms with van der Waals surface area (Å²) in [5.41, 5.74) is 1.58. The number of methoxy groups -OCH3 is 1. The number of hydrogen-bond acceptors (Lipinski definition) is 3. The largest absolute Gasteiger partial charge is 0.494 e. The van der Waals surface area contributed by atoms with Crippen LogP contribution in [-0.4, -0.2) is 17.1 Å². The molecule has 3 nitrogen and oxygen atoms in total. The lowest BCUT2D eigenvalue weighted by molar-refractivity contribution is 0.419. The van der Waals surface area contributed by atoms with Crippen LogP contribution >= 0.6 is 0 Å². The molecule has 0 fully saturated rings. The number of nitrogens with zero attached hydrogens (tertiary/aromatic N) is 2. The van der Waals surface area contributed by atoms with Crippen LogP contribution in [0, 0.1) is 6.20 Å². The van der Waals surface area contributed by atoms with Gasteiger partial charge in [0.1, 0.15) is 17.5 Å². The predicted molar refractivity (Wildman–Crippen MR) is 44.9 cm³/mol. The van der Waals surface area contributed by atoms with E-state index in [1.54, 1.807) is 7.11 Å².